The molecule has 1 aliphatic carbocycles. The Balaban J connectivity index is 1.40. The third-order valence-electron chi connectivity index (χ3n) is 6.75. The van der Waals surface area contributed by atoms with Crippen LogP contribution in [0.25, 0.3) is 0 Å². The zero-order valence-electron chi connectivity index (χ0n) is 20.3. The van der Waals surface area contributed by atoms with Gasteiger partial charge in [0.05, 0.1) is 0 Å². The number of amides is 1. The molecule has 174 valence electrons. The number of nitrogens with one attached hydrogen (secondary N) is 2. The molecule has 0 spiro atoms. The van der Waals surface area contributed by atoms with E-state index in [4.69, 9.17) is 4.74 Å². The molecule has 0 radical (unpaired) electrons. The standard InChI is InChI=1S/C25H42N4O2/c1-18-16-29(17-19(2)28(18)6)23-13-11-21(12-14-23)26-15-20-7-9-22(10-8-20)27-24(30)31-25(3,4)5/h11-14,18-20,22,26H,7-10,15-17H2,1-6H3,(H,27,30)/t18-,19-,20?,22?/m1/s1. The van der Waals surface area contributed by atoms with E-state index in [1.165, 1.54) is 11.4 Å². The second-order valence-electron chi connectivity index (χ2n) is 10.6. The molecule has 2 atom stereocenters. The number of carbonyl (C=O) groups excluding carboxylic acids is 1. The molecular weight excluding hydrogens is 388 g/mol. The lowest BCUT2D eigenvalue weighted by Gasteiger charge is -2.43. The molecule has 2 aliphatic rings. The summed E-state index contributed by atoms with van der Waals surface area (Å²) in [6, 6.07) is 10.3. The first-order valence-corrected chi connectivity index (χ1v) is 11.9. The van der Waals surface area contributed by atoms with Crippen LogP contribution in [-0.2, 0) is 4.74 Å². The highest BCUT2D eigenvalue weighted by Crippen LogP contribution is 2.26. The maximum absolute atomic E-state index is 12.0. The van der Waals surface area contributed by atoms with Crippen molar-refractivity contribution < 1.29 is 9.53 Å². The van der Waals surface area contributed by atoms with Crippen molar-refractivity contribution in [3.05, 3.63) is 24.3 Å². The summed E-state index contributed by atoms with van der Waals surface area (Å²) in [7, 11) is 2.22. The summed E-state index contributed by atoms with van der Waals surface area (Å²) in [6.07, 6.45) is 4.00. The predicted octanol–water partition coefficient (Wildman–Crippen LogP) is 4.71. The lowest BCUT2D eigenvalue weighted by molar-refractivity contribution is 0.0488. The minimum absolute atomic E-state index is 0.235. The van der Waals surface area contributed by atoms with Gasteiger partial charge in [-0.05, 0) is 97.5 Å². The van der Waals surface area contributed by atoms with Crippen LogP contribution >= 0.6 is 0 Å². The van der Waals surface area contributed by atoms with Crippen LogP contribution in [0.4, 0.5) is 16.2 Å². The quantitative estimate of drug-likeness (QED) is 0.708. The van der Waals surface area contributed by atoms with Gasteiger partial charge in [-0.2, -0.15) is 0 Å². The Bertz CT molecular complexity index is 695. The molecule has 1 aromatic carbocycles. The zero-order chi connectivity index (χ0) is 22.6. The van der Waals surface area contributed by atoms with Crippen LogP contribution in [0.15, 0.2) is 24.3 Å². The molecule has 6 heteroatoms. The average Bonchev–Trinajstić information content (AvgIpc) is 2.70. The van der Waals surface area contributed by atoms with Crippen LogP contribution < -0.4 is 15.5 Å². The van der Waals surface area contributed by atoms with Crippen molar-refractivity contribution in [1.29, 1.82) is 0 Å². The Morgan fingerprint density at radius 2 is 1.61 bits per heavy atom. The SMILES string of the molecule is C[C@@H]1CN(c2ccc(NCC3CCC(NC(=O)OC(C)(C)C)CC3)cc2)C[C@@H](C)N1C. The molecule has 0 bridgehead atoms. The van der Waals surface area contributed by atoms with E-state index in [-0.39, 0.29) is 12.1 Å². The van der Waals surface area contributed by atoms with Crippen molar-refractivity contribution in [3.8, 4) is 0 Å². The van der Waals surface area contributed by atoms with Crippen LogP contribution in [0.1, 0.15) is 60.3 Å². The molecule has 2 N–H and O–H groups in total. The van der Waals surface area contributed by atoms with Gasteiger partial charge in [-0.15, -0.1) is 0 Å². The monoisotopic (exact) mass is 430 g/mol. The van der Waals surface area contributed by atoms with Gasteiger partial charge in [-0.25, -0.2) is 4.79 Å². The molecule has 1 aromatic rings. The molecule has 1 saturated carbocycles. The van der Waals surface area contributed by atoms with Gasteiger partial charge in [0.1, 0.15) is 5.60 Å². The van der Waals surface area contributed by atoms with E-state index in [2.05, 4.69) is 65.6 Å². The third kappa shape index (κ3) is 7.03. The second-order valence-corrected chi connectivity index (χ2v) is 10.6. The number of ether oxygens (including phenoxy) is 1. The van der Waals surface area contributed by atoms with Crippen LogP contribution in [0.5, 0.6) is 0 Å². The topological polar surface area (TPSA) is 56.8 Å². The van der Waals surface area contributed by atoms with E-state index >= 15 is 0 Å². The minimum Gasteiger partial charge on any atom is -0.444 e. The number of piperazine rings is 1. The first-order valence-electron chi connectivity index (χ1n) is 11.9. The molecule has 2 fully saturated rings. The summed E-state index contributed by atoms with van der Waals surface area (Å²) in [5.41, 5.74) is 2.06. The van der Waals surface area contributed by atoms with Gasteiger partial charge < -0.3 is 20.3 Å². The Morgan fingerprint density at radius 3 is 2.16 bits per heavy atom. The highest BCUT2D eigenvalue weighted by molar-refractivity contribution is 5.68. The highest BCUT2D eigenvalue weighted by atomic mass is 16.6. The van der Waals surface area contributed by atoms with E-state index in [1.807, 2.05) is 20.8 Å². The number of hydrogen-bond donors (Lipinski definition) is 2. The van der Waals surface area contributed by atoms with Crippen LogP contribution in [0, 0.1) is 5.92 Å². The number of nitrogens with zero attached hydrogens (tertiary/aromatic N) is 2. The molecule has 31 heavy (non-hydrogen) atoms. The number of likely N-dealkylation sites (N-methyl/N-ethyl adjacent to an activating group) is 1. The Labute approximate surface area is 188 Å². The first kappa shape index (κ1) is 23.7. The smallest absolute Gasteiger partial charge is 0.407 e. The van der Waals surface area contributed by atoms with Crippen LogP contribution in [-0.4, -0.2) is 61.4 Å². The Kier molecular flexibility index (Phi) is 7.73. The van der Waals surface area contributed by atoms with E-state index < -0.39 is 5.60 Å². The molecule has 1 saturated heterocycles. The van der Waals surface area contributed by atoms with E-state index in [9.17, 15) is 4.79 Å². The minimum atomic E-state index is -0.443. The summed E-state index contributed by atoms with van der Waals surface area (Å²) in [5.74, 6) is 0.649. The van der Waals surface area contributed by atoms with Crippen molar-refractivity contribution in [2.75, 3.05) is 36.9 Å². The molecule has 3 rings (SSSR count). The summed E-state index contributed by atoms with van der Waals surface area (Å²) in [4.78, 5) is 16.9. The maximum Gasteiger partial charge on any atom is 0.407 e. The Morgan fingerprint density at radius 1 is 1.03 bits per heavy atom. The lowest BCUT2D eigenvalue weighted by Crippen LogP contribution is -2.55. The Hall–Kier alpha value is -1.95. The largest absolute Gasteiger partial charge is 0.444 e. The molecule has 0 aromatic heterocycles. The average molecular weight is 431 g/mol. The fourth-order valence-corrected chi connectivity index (χ4v) is 4.65. The number of rotatable bonds is 5. The maximum atomic E-state index is 12.0. The van der Waals surface area contributed by atoms with Crippen molar-refractivity contribution in [3.63, 3.8) is 0 Å². The van der Waals surface area contributed by atoms with Gasteiger partial charge in [-0.3, -0.25) is 4.90 Å². The van der Waals surface area contributed by atoms with Crippen molar-refractivity contribution in [1.82, 2.24) is 10.2 Å². The fraction of sp³-hybridized carbons (Fsp3) is 0.720. The fourth-order valence-electron chi connectivity index (χ4n) is 4.65. The van der Waals surface area contributed by atoms with Crippen LogP contribution in [0.3, 0.4) is 0 Å². The van der Waals surface area contributed by atoms with Crippen molar-refractivity contribution >= 4 is 17.5 Å². The van der Waals surface area contributed by atoms with Gasteiger partial charge in [-0.1, -0.05) is 0 Å². The van der Waals surface area contributed by atoms with E-state index in [0.29, 0.717) is 18.0 Å². The molecular formula is C25H42N4O2. The number of alkyl carbamates (subject to hydrolysis) is 1. The third-order valence-corrected chi connectivity index (χ3v) is 6.75. The number of hydrogen-bond acceptors (Lipinski definition) is 5. The number of benzene rings is 1. The van der Waals surface area contributed by atoms with Crippen molar-refractivity contribution in [2.45, 2.75) is 84.0 Å². The van der Waals surface area contributed by atoms with Gasteiger partial charge in [0.15, 0.2) is 0 Å². The van der Waals surface area contributed by atoms with Gasteiger partial charge in [0.2, 0.25) is 0 Å². The molecule has 1 aliphatic heterocycles. The van der Waals surface area contributed by atoms with Crippen molar-refractivity contribution in [2.24, 2.45) is 5.92 Å². The molecule has 1 heterocycles. The van der Waals surface area contributed by atoms with Gasteiger partial charge in [0.25, 0.3) is 0 Å². The molecule has 1 amide bonds. The lowest BCUT2D eigenvalue weighted by atomic mass is 9.86. The van der Waals surface area contributed by atoms with E-state index in [1.54, 1.807) is 0 Å². The molecule has 0 unspecified atom stereocenters. The van der Waals surface area contributed by atoms with Crippen LogP contribution in [0.2, 0.25) is 0 Å². The number of anilines is 2. The second kappa shape index (κ2) is 10.1. The first-order chi connectivity index (χ1) is 14.6. The van der Waals surface area contributed by atoms with Gasteiger partial charge in [0, 0.05) is 49.1 Å². The van der Waals surface area contributed by atoms with Gasteiger partial charge >= 0.3 is 6.09 Å². The zero-order valence-corrected chi connectivity index (χ0v) is 20.3. The highest BCUT2D eigenvalue weighted by Gasteiger charge is 2.27. The normalized spacial score (nSPS) is 27.6. The predicted molar refractivity (Wildman–Crippen MR) is 129 cm³/mol. The number of carbonyl (C=O) groups is 1. The molecule has 6 nitrogen and oxygen atoms in total. The van der Waals surface area contributed by atoms with E-state index in [0.717, 1.165) is 45.3 Å². The summed E-state index contributed by atoms with van der Waals surface area (Å²) < 4.78 is 5.37. The summed E-state index contributed by atoms with van der Waals surface area (Å²) >= 11 is 0. The summed E-state index contributed by atoms with van der Waals surface area (Å²) in [6.45, 7) is 13.4. The summed E-state index contributed by atoms with van der Waals surface area (Å²) in [5, 5.41) is 6.64.